The molecule has 0 amide bonds. The van der Waals surface area contributed by atoms with Gasteiger partial charge in [-0.2, -0.15) is 4.31 Å². The molecule has 18 heavy (non-hydrogen) atoms. The molecule has 5 nitrogen and oxygen atoms in total. The molecule has 0 bridgehead atoms. The highest BCUT2D eigenvalue weighted by atomic mass is 32.2. The second-order valence-electron chi connectivity index (χ2n) is 4.47. The highest BCUT2D eigenvalue weighted by Crippen LogP contribution is 2.29. The van der Waals surface area contributed by atoms with Crippen molar-refractivity contribution in [3.05, 3.63) is 17.5 Å². The number of hydrogen-bond donors (Lipinski definition) is 1. The van der Waals surface area contributed by atoms with Crippen molar-refractivity contribution in [1.82, 2.24) is 4.31 Å². The Morgan fingerprint density at radius 2 is 2.22 bits per heavy atom. The molecule has 0 spiro atoms. The Morgan fingerprint density at radius 1 is 1.50 bits per heavy atom. The van der Waals surface area contributed by atoms with E-state index < -0.39 is 21.9 Å². The van der Waals surface area contributed by atoms with Gasteiger partial charge in [-0.1, -0.05) is 6.07 Å². The van der Waals surface area contributed by atoms with Gasteiger partial charge in [-0.05, 0) is 31.2 Å². The number of piperidine rings is 1. The van der Waals surface area contributed by atoms with Gasteiger partial charge in [-0.3, -0.25) is 4.79 Å². The van der Waals surface area contributed by atoms with Crippen molar-refractivity contribution in [3.63, 3.8) is 0 Å². The van der Waals surface area contributed by atoms with Gasteiger partial charge in [0.2, 0.25) is 0 Å². The SMILES string of the molecule is CC1CCC(C(=O)O)CN1S(=O)(=O)c1cccs1. The van der Waals surface area contributed by atoms with Gasteiger partial charge in [0, 0.05) is 12.6 Å². The number of aliphatic carboxylic acids is 1. The van der Waals surface area contributed by atoms with Crippen LogP contribution in [0.15, 0.2) is 21.7 Å². The smallest absolute Gasteiger partial charge is 0.307 e. The van der Waals surface area contributed by atoms with E-state index in [4.69, 9.17) is 5.11 Å². The van der Waals surface area contributed by atoms with E-state index in [0.717, 1.165) is 11.3 Å². The molecule has 7 heteroatoms. The van der Waals surface area contributed by atoms with Crippen LogP contribution in [-0.4, -0.2) is 36.4 Å². The number of nitrogens with zero attached hydrogens (tertiary/aromatic N) is 1. The maximum atomic E-state index is 12.4. The molecule has 2 rings (SSSR count). The van der Waals surface area contributed by atoms with Gasteiger partial charge in [-0.25, -0.2) is 8.42 Å². The molecule has 2 heterocycles. The summed E-state index contributed by atoms with van der Waals surface area (Å²) in [6, 6.07) is 3.09. The molecule has 1 N–H and O–H groups in total. The fraction of sp³-hybridized carbons (Fsp3) is 0.545. The Labute approximate surface area is 110 Å². The summed E-state index contributed by atoms with van der Waals surface area (Å²) in [5.41, 5.74) is 0. The topological polar surface area (TPSA) is 74.7 Å². The number of hydrogen-bond acceptors (Lipinski definition) is 4. The molecule has 0 saturated carbocycles. The van der Waals surface area contributed by atoms with Crippen molar-refractivity contribution in [1.29, 1.82) is 0 Å². The quantitative estimate of drug-likeness (QED) is 0.917. The number of rotatable bonds is 3. The number of sulfonamides is 1. The van der Waals surface area contributed by atoms with Crippen LogP contribution in [-0.2, 0) is 14.8 Å². The summed E-state index contributed by atoms with van der Waals surface area (Å²) in [6.07, 6.45) is 1.12. The molecule has 1 aromatic rings. The number of carboxylic acids is 1. The first-order chi connectivity index (χ1) is 8.43. The first kappa shape index (κ1) is 13.5. The van der Waals surface area contributed by atoms with E-state index in [1.54, 1.807) is 17.5 Å². The number of carbonyl (C=O) groups is 1. The lowest BCUT2D eigenvalue weighted by molar-refractivity contribution is -0.143. The maximum absolute atomic E-state index is 12.4. The molecular weight excluding hydrogens is 274 g/mol. The average molecular weight is 289 g/mol. The molecule has 1 fully saturated rings. The summed E-state index contributed by atoms with van der Waals surface area (Å²) in [5, 5.41) is 10.7. The minimum Gasteiger partial charge on any atom is -0.481 e. The predicted octanol–water partition coefficient (Wildman–Crippen LogP) is 1.62. The highest BCUT2D eigenvalue weighted by molar-refractivity contribution is 7.91. The summed E-state index contributed by atoms with van der Waals surface area (Å²) in [6.45, 7) is 1.89. The molecule has 2 unspecified atom stereocenters. The largest absolute Gasteiger partial charge is 0.481 e. The van der Waals surface area contributed by atoms with Crippen molar-refractivity contribution in [3.8, 4) is 0 Å². The highest BCUT2D eigenvalue weighted by Gasteiger charge is 2.37. The van der Waals surface area contributed by atoms with Gasteiger partial charge in [0.1, 0.15) is 4.21 Å². The molecule has 1 aromatic heterocycles. The van der Waals surface area contributed by atoms with E-state index in [-0.39, 0.29) is 16.8 Å². The second-order valence-corrected chi connectivity index (χ2v) is 7.53. The predicted molar refractivity (Wildman–Crippen MR) is 68.0 cm³/mol. The monoisotopic (exact) mass is 289 g/mol. The summed E-state index contributed by atoms with van der Waals surface area (Å²) in [5.74, 6) is -1.52. The molecule has 0 radical (unpaired) electrons. The lowest BCUT2D eigenvalue weighted by Gasteiger charge is -2.34. The Kier molecular flexibility index (Phi) is 3.74. The van der Waals surface area contributed by atoms with Crippen molar-refractivity contribution >= 4 is 27.3 Å². The van der Waals surface area contributed by atoms with Gasteiger partial charge < -0.3 is 5.11 Å². The minimum absolute atomic E-state index is 0.0662. The van der Waals surface area contributed by atoms with Crippen molar-refractivity contribution in [2.45, 2.75) is 30.0 Å². The average Bonchev–Trinajstić information content (AvgIpc) is 2.82. The van der Waals surface area contributed by atoms with Crippen LogP contribution < -0.4 is 0 Å². The third kappa shape index (κ3) is 2.43. The fourth-order valence-corrected chi connectivity index (χ4v) is 4.96. The van der Waals surface area contributed by atoms with E-state index in [1.165, 1.54) is 4.31 Å². The van der Waals surface area contributed by atoms with Crippen molar-refractivity contribution in [2.75, 3.05) is 6.54 Å². The zero-order valence-corrected chi connectivity index (χ0v) is 11.6. The fourth-order valence-electron chi connectivity index (χ4n) is 2.14. The van der Waals surface area contributed by atoms with Crippen LogP contribution in [0.1, 0.15) is 19.8 Å². The van der Waals surface area contributed by atoms with E-state index in [0.29, 0.717) is 12.8 Å². The van der Waals surface area contributed by atoms with Crippen LogP contribution in [0.25, 0.3) is 0 Å². The minimum atomic E-state index is -3.55. The molecule has 1 saturated heterocycles. The second kappa shape index (κ2) is 4.99. The van der Waals surface area contributed by atoms with Crippen LogP contribution in [0.2, 0.25) is 0 Å². The van der Waals surface area contributed by atoms with E-state index >= 15 is 0 Å². The molecule has 1 aliphatic heterocycles. The molecule has 1 aliphatic rings. The maximum Gasteiger partial charge on any atom is 0.307 e. The van der Waals surface area contributed by atoms with Crippen LogP contribution in [0, 0.1) is 5.92 Å². The van der Waals surface area contributed by atoms with Gasteiger partial charge in [-0.15, -0.1) is 11.3 Å². The first-order valence-corrected chi connectivity index (χ1v) is 8.03. The molecule has 0 aliphatic carbocycles. The molecule has 2 atom stereocenters. The van der Waals surface area contributed by atoms with Gasteiger partial charge >= 0.3 is 5.97 Å². The molecular formula is C11H15NO4S2. The third-order valence-corrected chi connectivity index (χ3v) is 6.59. The molecule has 0 aromatic carbocycles. The zero-order valence-electron chi connectivity index (χ0n) is 9.94. The normalized spacial score (nSPS) is 26.1. The molecule has 100 valence electrons. The van der Waals surface area contributed by atoms with E-state index in [1.807, 2.05) is 6.92 Å². The third-order valence-electron chi connectivity index (χ3n) is 3.23. The van der Waals surface area contributed by atoms with E-state index in [2.05, 4.69) is 0 Å². The standard InChI is InChI=1S/C11H15NO4S2/c1-8-4-5-9(11(13)14)7-12(8)18(15,16)10-3-2-6-17-10/h2-3,6,8-9H,4-5,7H2,1H3,(H,13,14). The van der Waals surface area contributed by atoms with Crippen LogP contribution in [0.3, 0.4) is 0 Å². The summed E-state index contributed by atoms with van der Waals surface area (Å²) >= 11 is 1.16. The van der Waals surface area contributed by atoms with Crippen molar-refractivity contribution in [2.24, 2.45) is 5.92 Å². The summed E-state index contributed by atoms with van der Waals surface area (Å²) in [4.78, 5) is 11.0. The van der Waals surface area contributed by atoms with Crippen LogP contribution >= 0.6 is 11.3 Å². The number of thiophene rings is 1. The van der Waals surface area contributed by atoms with Crippen molar-refractivity contribution < 1.29 is 18.3 Å². The Bertz CT molecular complexity index is 523. The van der Waals surface area contributed by atoms with Gasteiger partial charge in [0.25, 0.3) is 10.0 Å². The van der Waals surface area contributed by atoms with Gasteiger partial charge in [0.05, 0.1) is 5.92 Å². The Morgan fingerprint density at radius 3 is 2.78 bits per heavy atom. The zero-order chi connectivity index (χ0) is 13.3. The van der Waals surface area contributed by atoms with E-state index in [9.17, 15) is 13.2 Å². The van der Waals surface area contributed by atoms with Crippen LogP contribution in [0.4, 0.5) is 0 Å². The van der Waals surface area contributed by atoms with Crippen LogP contribution in [0.5, 0.6) is 0 Å². The Balaban J connectivity index is 2.28. The summed E-state index contributed by atoms with van der Waals surface area (Å²) < 4.78 is 26.3. The Hall–Kier alpha value is -0.920. The lowest BCUT2D eigenvalue weighted by atomic mass is 9.96. The lowest BCUT2D eigenvalue weighted by Crippen LogP contribution is -2.47. The first-order valence-electron chi connectivity index (χ1n) is 5.71. The van der Waals surface area contributed by atoms with Gasteiger partial charge in [0.15, 0.2) is 0 Å². The number of carboxylic acid groups (broad SMARTS) is 1. The summed E-state index contributed by atoms with van der Waals surface area (Å²) in [7, 11) is -3.55.